The number of aromatic nitrogens is 4. The first kappa shape index (κ1) is 25.2. The molecule has 5 aromatic carbocycles. The molecule has 4 aromatic heterocycles. The zero-order valence-electron chi connectivity index (χ0n) is 23.3. The van der Waals surface area contributed by atoms with E-state index in [1.807, 2.05) is 12.1 Å². The highest BCUT2D eigenvalue weighted by atomic mass is 32.1. The normalized spacial score (nSPS) is 11.6. The van der Waals surface area contributed by atoms with Crippen molar-refractivity contribution in [2.24, 2.45) is 0 Å². The van der Waals surface area contributed by atoms with Crippen molar-refractivity contribution in [3.63, 3.8) is 0 Å². The minimum atomic E-state index is 0.852. The molecule has 4 heterocycles. The average Bonchev–Trinajstić information content (AvgIpc) is 3.65. The smallest absolute Gasteiger partial charge is 0.143 e. The van der Waals surface area contributed by atoms with Crippen molar-refractivity contribution >= 4 is 63.5 Å². The maximum atomic E-state index is 5.32. The van der Waals surface area contributed by atoms with Crippen LogP contribution in [0, 0.1) is 0 Å². The summed E-state index contributed by atoms with van der Waals surface area (Å²) >= 11 is 3.37. The van der Waals surface area contributed by atoms with Crippen LogP contribution < -0.4 is 0 Å². The molecule has 9 aromatic rings. The molecule has 4 nitrogen and oxygen atoms in total. The van der Waals surface area contributed by atoms with E-state index in [1.54, 1.807) is 22.7 Å². The second-order valence-electron chi connectivity index (χ2n) is 10.7. The first-order valence-corrected chi connectivity index (χ1v) is 16.0. The maximum absolute atomic E-state index is 5.32. The highest BCUT2D eigenvalue weighted by Gasteiger charge is 2.20. The lowest BCUT2D eigenvalue weighted by Crippen LogP contribution is -1.96. The summed E-state index contributed by atoms with van der Waals surface area (Å²) in [4.78, 5) is 23.0. The van der Waals surface area contributed by atoms with Crippen LogP contribution in [-0.2, 0) is 0 Å². The third-order valence-electron chi connectivity index (χ3n) is 7.93. The van der Waals surface area contributed by atoms with Gasteiger partial charge in [0.1, 0.15) is 20.7 Å². The predicted octanol–water partition coefficient (Wildman–Crippen LogP) is 10.7. The third-order valence-corrected chi connectivity index (χ3v) is 10.0. The van der Waals surface area contributed by atoms with Crippen molar-refractivity contribution in [2.45, 2.75) is 0 Å². The molecule has 0 saturated carbocycles. The van der Waals surface area contributed by atoms with E-state index in [2.05, 4.69) is 121 Å². The number of rotatable bonds is 4. The fourth-order valence-corrected chi connectivity index (χ4v) is 7.89. The van der Waals surface area contributed by atoms with E-state index in [0.717, 1.165) is 76.5 Å². The number of hydrogen-bond acceptors (Lipinski definition) is 6. The van der Waals surface area contributed by atoms with E-state index < -0.39 is 0 Å². The Balaban J connectivity index is 1.31. The topological polar surface area (TPSA) is 51.6 Å². The van der Waals surface area contributed by atoms with Crippen LogP contribution in [0.15, 0.2) is 133 Å². The van der Waals surface area contributed by atoms with Crippen molar-refractivity contribution < 1.29 is 0 Å². The number of thiophene rings is 2. The van der Waals surface area contributed by atoms with Crippen LogP contribution >= 0.6 is 22.7 Å². The SMILES string of the molecule is c1ccc(-c2nc3sc4ccccc4c3nc2-c2cccc(-c3nc4c(nc3-c3ccccc3)sc3ccccc34)c2)cc1. The van der Waals surface area contributed by atoms with E-state index in [0.29, 0.717) is 0 Å². The lowest BCUT2D eigenvalue weighted by Gasteiger charge is -2.12. The molecule has 44 heavy (non-hydrogen) atoms. The van der Waals surface area contributed by atoms with Gasteiger partial charge in [-0.15, -0.1) is 22.7 Å². The van der Waals surface area contributed by atoms with Crippen molar-refractivity contribution in [1.29, 1.82) is 0 Å². The van der Waals surface area contributed by atoms with Crippen LogP contribution in [0.1, 0.15) is 0 Å². The van der Waals surface area contributed by atoms with Gasteiger partial charge in [-0.3, -0.25) is 0 Å². The molecule has 0 amide bonds. The molecular weight excluding hydrogens is 577 g/mol. The summed E-state index contributed by atoms with van der Waals surface area (Å²) in [6, 6.07) is 46.0. The summed E-state index contributed by atoms with van der Waals surface area (Å²) in [6.07, 6.45) is 0. The van der Waals surface area contributed by atoms with E-state index in [4.69, 9.17) is 19.9 Å². The first-order valence-electron chi connectivity index (χ1n) is 14.4. The Morgan fingerprint density at radius 3 is 1.20 bits per heavy atom. The Kier molecular flexibility index (Phi) is 5.82. The average molecular weight is 599 g/mol. The third kappa shape index (κ3) is 4.11. The van der Waals surface area contributed by atoms with E-state index in [1.165, 1.54) is 9.40 Å². The molecule has 0 aliphatic rings. The second kappa shape index (κ2) is 10.2. The van der Waals surface area contributed by atoms with Crippen molar-refractivity contribution in [3.8, 4) is 45.0 Å². The minimum Gasteiger partial charge on any atom is -0.242 e. The zero-order chi connectivity index (χ0) is 29.0. The Bertz CT molecular complexity index is 2330. The van der Waals surface area contributed by atoms with E-state index in [-0.39, 0.29) is 0 Å². The lowest BCUT2D eigenvalue weighted by atomic mass is 9.98. The van der Waals surface area contributed by atoms with Crippen LogP contribution in [0.2, 0.25) is 0 Å². The number of nitrogens with zero attached hydrogens (tertiary/aromatic N) is 4. The summed E-state index contributed by atoms with van der Waals surface area (Å²) in [7, 11) is 0. The fourth-order valence-electron chi connectivity index (χ4n) is 5.85. The van der Waals surface area contributed by atoms with Gasteiger partial charge < -0.3 is 0 Å². The predicted molar refractivity (Wildman–Crippen MR) is 185 cm³/mol. The monoisotopic (exact) mass is 598 g/mol. The first-order chi connectivity index (χ1) is 21.8. The Hall–Kier alpha value is -5.30. The Morgan fingerprint density at radius 1 is 0.341 bits per heavy atom. The maximum Gasteiger partial charge on any atom is 0.143 e. The molecule has 0 N–H and O–H groups in total. The molecule has 0 fully saturated rings. The van der Waals surface area contributed by atoms with Gasteiger partial charge in [-0.05, 0) is 18.2 Å². The number of fused-ring (bicyclic) bond motifs is 6. The highest BCUT2D eigenvalue weighted by molar-refractivity contribution is 7.25. The molecular formula is C38H22N4S2. The molecule has 0 aliphatic carbocycles. The molecule has 0 aliphatic heterocycles. The van der Waals surface area contributed by atoms with Crippen LogP contribution in [0.3, 0.4) is 0 Å². The van der Waals surface area contributed by atoms with Crippen LogP contribution in [0.25, 0.3) is 85.9 Å². The van der Waals surface area contributed by atoms with Crippen LogP contribution in [-0.4, -0.2) is 19.9 Å². The molecule has 0 saturated heterocycles. The quantitative estimate of drug-likeness (QED) is 0.202. The van der Waals surface area contributed by atoms with Crippen molar-refractivity contribution in [1.82, 2.24) is 19.9 Å². The second-order valence-corrected chi connectivity index (χ2v) is 12.7. The van der Waals surface area contributed by atoms with E-state index in [9.17, 15) is 0 Å². The Morgan fingerprint density at radius 2 is 0.727 bits per heavy atom. The highest BCUT2D eigenvalue weighted by Crippen LogP contribution is 2.40. The molecule has 0 unspecified atom stereocenters. The molecule has 0 spiro atoms. The summed E-state index contributed by atoms with van der Waals surface area (Å²) in [5.74, 6) is 0. The molecule has 9 rings (SSSR count). The van der Waals surface area contributed by atoms with Gasteiger partial charge in [-0.2, -0.15) is 0 Å². The van der Waals surface area contributed by atoms with Gasteiger partial charge in [0.25, 0.3) is 0 Å². The molecule has 6 heteroatoms. The number of benzene rings is 5. The van der Waals surface area contributed by atoms with Gasteiger partial charge in [0, 0.05) is 42.4 Å². The molecule has 0 radical (unpaired) electrons. The van der Waals surface area contributed by atoms with Crippen molar-refractivity contribution in [2.75, 3.05) is 0 Å². The molecule has 0 atom stereocenters. The molecule has 0 bridgehead atoms. The lowest BCUT2D eigenvalue weighted by molar-refractivity contribution is 1.30. The van der Waals surface area contributed by atoms with Gasteiger partial charge in [-0.1, -0.05) is 115 Å². The standard InChI is InChI=1S/C38H22N4S2/c1-3-12-23(13-4-1)31-33(39-35-27-18-7-9-20-29(27)43-37(35)41-31)25-16-11-17-26(22-25)34-32(24-14-5-2-6-15-24)42-38-36(40-34)28-19-8-10-21-30(28)44-38/h1-22H. The van der Waals surface area contributed by atoms with Crippen LogP contribution in [0.5, 0.6) is 0 Å². The van der Waals surface area contributed by atoms with Gasteiger partial charge >= 0.3 is 0 Å². The van der Waals surface area contributed by atoms with Crippen LogP contribution in [0.4, 0.5) is 0 Å². The number of hydrogen-bond donors (Lipinski definition) is 0. The van der Waals surface area contributed by atoms with Gasteiger partial charge in [0.2, 0.25) is 0 Å². The van der Waals surface area contributed by atoms with Gasteiger partial charge in [0.05, 0.1) is 22.8 Å². The van der Waals surface area contributed by atoms with Crippen molar-refractivity contribution in [3.05, 3.63) is 133 Å². The minimum absolute atomic E-state index is 0.852. The largest absolute Gasteiger partial charge is 0.242 e. The van der Waals surface area contributed by atoms with E-state index >= 15 is 0 Å². The van der Waals surface area contributed by atoms with Gasteiger partial charge in [-0.25, -0.2) is 19.9 Å². The van der Waals surface area contributed by atoms with Gasteiger partial charge in [0.15, 0.2) is 0 Å². The summed E-state index contributed by atoms with van der Waals surface area (Å²) in [5, 5.41) is 2.26. The fraction of sp³-hybridized carbons (Fsp3) is 0. The summed E-state index contributed by atoms with van der Waals surface area (Å²) < 4.78 is 2.37. The Labute approximate surface area is 261 Å². The zero-order valence-corrected chi connectivity index (χ0v) is 24.9. The summed E-state index contributed by atoms with van der Waals surface area (Å²) in [6.45, 7) is 0. The molecule has 206 valence electrons. The summed E-state index contributed by atoms with van der Waals surface area (Å²) in [5.41, 5.74) is 9.36.